The number of H-pyrrole nitrogens is 2. The number of benzene rings is 2. The van der Waals surface area contributed by atoms with Gasteiger partial charge in [-0.05, 0) is 48.8 Å². The fourth-order valence-corrected chi connectivity index (χ4v) is 3.10. The van der Waals surface area contributed by atoms with Gasteiger partial charge in [0.1, 0.15) is 0 Å². The van der Waals surface area contributed by atoms with Crippen molar-refractivity contribution in [2.45, 2.75) is 12.8 Å². The molecule has 0 saturated heterocycles. The number of hydrogen-bond acceptors (Lipinski definition) is 3. The highest BCUT2D eigenvalue weighted by Crippen LogP contribution is 2.13. The van der Waals surface area contributed by atoms with Crippen LogP contribution in [0.1, 0.15) is 27.2 Å². The summed E-state index contributed by atoms with van der Waals surface area (Å²) in [6, 6.07) is 14.6. The van der Waals surface area contributed by atoms with Crippen LogP contribution < -0.4 is 16.1 Å². The summed E-state index contributed by atoms with van der Waals surface area (Å²) in [5.41, 5.74) is 3.20. The Kier molecular flexibility index (Phi) is 4.30. The minimum atomic E-state index is -0.942. The van der Waals surface area contributed by atoms with E-state index in [1.54, 1.807) is 30.3 Å². The van der Waals surface area contributed by atoms with Crippen LogP contribution in [-0.4, -0.2) is 21.3 Å². The number of aromatic amines is 2. The largest absolute Gasteiger partial charge is 0.478 e. The first kappa shape index (κ1) is 16.8. The summed E-state index contributed by atoms with van der Waals surface area (Å²) in [5.74, 6) is -0.942. The predicted octanol–water partition coefficient (Wildman–Crippen LogP) is 1.64. The standard InChI is InChI=1S/C21H17N3O3/c25-20-17(12-16-11-15-3-1-2-4-18(15)22-16)19(23-24-20)10-7-13-5-8-14(9-6-13)21(26)27/h1-6,8-9,11-12H,7,10H2,(H,26,27)(H2,23,24,25). The van der Waals surface area contributed by atoms with Gasteiger partial charge in [0.25, 0.3) is 5.56 Å². The van der Waals surface area contributed by atoms with Crippen molar-refractivity contribution in [1.82, 2.24) is 10.2 Å². The number of fused-ring (bicyclic) bond motifs is 1. The third-order valence-corrected chi connectivity index (χ3v) is 4.54. The van der Waals surface area contributed by atoms with E-state index in [2.05, 4.69) is 15.2 Å². The van der Waals surface area contributed by atoms with Gasteiger partial charge in [-0.1, -0.05) is 30.3 Å². The van der Waals surface area contributed by atoms with Gasteiger partial charge in [-0.15, -0.1) is 0 Å². The minimum absolute atomic E-state index is 0.182. The molecule has 0 saturated carbocycles. The van der Waals surface area contributed by atoms with E-state index in [1.807, 2.05) is 30.3 Å². The maximum atomic E-state index is 12.2. The van der Waals surface area contributed by atoms with E-state index in [4.69, 9.17) is 5.11 Å². The molecule has 0 spiro atoms. The summed E-state index contributed by atoms with van der Waals surface area (Å²) in [6.45, 7) is 0. The lowest BCUT2D eigenvalue weighted by Crippen LogP contribution is -2.19. The van der Waals surface area contributed by atoms with Crippen molar-refractivity contribution in [2.24, 2.45) is 4.99 Å². The molecular weight excluding hydrogens is 342 g/mol. The number of aromatic nitrogens is 2. The van der Waals surface area contributed by atoms with E-state index in [0.29, 0.717) is 18.4 Å². The lowest BCUT2D eigenvalue weighted by molar-refractivity contribution is 0.0697. The average Bonchev–Trinajstić information content (AvgIpc) is 3.24. The van der Waals surface area contributed by atoms with Crippen LogP contribution in [0.5, 0.6) is 0 Å². The summed E-state index contributed by atoms with van der Waals surface area (Å²) in [6.07, 6.45) is 5.05. The van der Waals surface area contributed by atoms with Gasteiger partial charge in [-0.25, -0.2) is 9.79 Å². The second kappa shape index (κ2) is 6.92. The zero-order valence-corrected chi connectivity index (χ0v) is 14.4. The molecule has 0 bridgehead atoms. The number of carboxylic acids is 1. The number of rotatable bonds is 5. The number of carbonyl (C=O) groups is 1. The topological polar surface area (TPSA) is 98.3 Å². The number of para-hydroxylation sites is 1. The fourth-order valence-electron chi connectivity index (χ4n) is 3.10. The average molecular weight is 359 g/mol. The molecule has 2 heterocycles. The second-order valence-corrected chi connectivity index (χ2v) is 6.36. The van der Waals surface area contributed by atoms with Crippen molar-refractivity contribution >= 4 is 18.1 Å². The molecule has 3 N–H and O–H groups in total. The van der Waals surface area contributed by atoms with Gasteiger partial charge >= 0.3 is 5.97 Å². The molecular formula is C21H17N3O3. The first-order valence-corrected chi connectivity index (χ1v) is 8.59. The number of aryl methyl sites for hydroxylation is 2. The van der Waals surface area contributed by atoms with Gasteiger partial charge < -0.3 is 10.2 Å². The summed E-state index contributed by atoms with van der Waals surface area (Å²) >= 11 is 0. The number of hydrogen-bond donors (Lipinski definition) is 3. The lowest BCUT2D eigenvalue weighted by Gasteiger charge is -2.02. The summed E-state index contributed by atoms with van der Waals surface area (Å²) < 4.78 is 0. The number of aromatic carboxylic acids is 1. The maximum Gasteiger partial charge on any atom is 0.335 e. The van der Waals surface area contributed by atoms with Crippen molar-refractivity contribution in [1.29, 1.82) is 0 Å². The Morgan fingerprint density at radius 3 is 2.56 bits per heavy atom. The van der Waals surface area contributed by atoms with Gasteiger partial charge in [0.2, 0.25) is 0 Å². The molecule has 0 amide bonds. The first-order valence-electron chi connectivity index (χ1n) is 8.59. The second-order valence-electron chi connectivity index (χ2n) is 6.36. The molecule has 0 fully saturated rings. The highest BCUT2D eigenvalue weighted by Gasteiger charge is 2.10. The molecule has 27 heavy (non-hydrogen) atoms. The number of allylic oxidation sites excluding steroid dienone is 1. The van der Waals surface area contributed by atoms with E-state index < -0.39 is 5.97 Å². The minimum Gasteiger partial charge on any atom is -0.478 e. The van der Waals surface area contributed by atoms with Crippen LogP contribution in [0.2, 0.25) is 0 Å². The van der Waals surface area contributed by atoms with Gasteiger partial charge in [-0.3, -0.25) is 9.89 Å². The van der Waals surface area contributed by atoms with Gasteiger partial charge in [0.05, 0.1) is 22.2 Å². The summed E-state index contributed by atoms with van der Waals surface area (Å²) in [5, 5.41) is 16.5. The maximum absolute atomic E-state index is 12.2. The molecule has 1 aliphatic rings. The van der Waals surface area contributed by atoms with E-state index in [1.165, 1.54) is 0 Å². The van der Waals surface area contributed by atoms with Crippen LogP contribution in [0.3, 0.4) is 0 Å². The third kappa shape index (κ3) is 3.50. The third-order valence-electron chi connectivity index (χ3n) is 4.54. The summed E-state index contributed by atoms with van der Waals surface area (Å²) in [7, 11) is 0. The molecule has 6 heteroatoms. The molecule has 2 aromatic carbocycles. The van der Waals surface area contributed by atoms with Crippen molar-refractivity contribution in [2.75, 3.05) is 0 Å². The Morgan fingerprint density at radius 2 is 1.81 bits per heavy atom. The molecule has 0 radical (unpaired) electrons. The molecule has 0 atom stereocenters. The van der Waals surface area contributed by atoms with E-state index >= 15 is 0 Å². The van der Waals surface area contributed by atoms with E-state index in [9.17, 15) is 9.59 Å². The van der Waals surface area contributed by atoms with Gasteiger partial charge in [-0.2, -0.15) is 0 Å². The lowest BCUT2D eigenvalue weighted by atomic mass is 10.0. The van der Waals surface area contributed by atoms with Crippen molar-refractivity contribution in [3.05, 3.63) is 97.5 Å². The molecule has 4 rings (SSSR count). The SMILES string of the molecule is O=C(O)c1ccc(CCc2[nH][nH]c(=O)c2C=C2C=c3ccccc3=N2)cc1. The van der Waals surface area contributed by atoms with Crippen LogP contribution in [0, 0.1) is 0 Å². The van der Waals surface area contributed by atoms with Gasteiger partial charge in [0.15, 0.2) is 0 Å². The highest BCUT2D eigenvalue weighted by molar-refractivity contribution is 5.87. The highest BCUT2D eigenvalue weighted by atomic mass is 16.4. The quantitative estimate of drug-likeness (QED) is 0.646. The Balaban J connectivity index is 1.56. The van der Waals surface area contributed by atoms with E-state index in [-0.39, 0.29) is 11.1 Å². The molecule has 1 aromatic heterocycles. The zero-order valence-electron chi connectivity index (χ0n) is 14.4. The number of nitrogens with one attached hydrogen (secondary N) is 2. The molecule has 6 nitrogen and oxygen atoms in total. The number of nitrogens with zero attached hydrogens (tertiary/aromatic N) is 1. The van der Waals surface area contributed by atoms with Crippen LogP contribution in [0.15, 0.2) is 64.0 Å². The normalized spacial score (nSPS) is 13.9. The zero-order chi connectivity index (χ0) is 18.8. The first-order chi connectivity index (χ1) is 13.1. The summed E-state index contributed by atoms with van der Waals surface area (Å²) in [4.78, 5) is 27.6. The van der Waals surface area contributed by atoms with Crippen LogP contribution in [0.25, 0.3) is 12.2 Å². The Bertz CT molecular complexity index is 1180. The molecule has 0 unspecified atom stereocenters. The Morgan fingerprint density at radius 1 is 1.04 bits per heavy atom. The van der Waals surface area contributed by atoms with Crippen LogP contribution in [-0.2, 0) is 12.8 Å². The molecule has 1 aliphatic heterocycles. The van der Waals surface area contributed by atoms with E-state index in [0.717, 1.165) is 27.5 Å². The number of carboxylic acid groups (broad SMARTS) is 1. The smallest absolute Gasteiger partial charge is 0.335 e. The van der Waals surface area contributed by atoms with Crippen LogP contribution in [0.4, 0.5) is 0 Å². The predicted molar refractivity (Wildman–Crippen MR) is 102 cm³/mol. The monoisotopic (exact) mass is 359 g/mol. The van der Waals surface area contributed by atoms with Crippen molar-refractivity contribution in [3.63, 3.8) is 0 Å². The van der Waals surface area contributed by atoms with Crippen molar-refractivity contribution in [3.8, 4) is 0 Å². The molecule has 0 aliphatic carbocycles. The molecule has 3 aromatic rings. The Hall–Kier alpha value is -3.67. The van der Waals surface area contributed by atoms with Gasteiger partial charge in [0, 0.05) is 10.9 Å². The Labute approximate surface area is 154 Å². The fraction of sp³-hybridized carbons (Fsp3) is 0.0952. The van der Waals surface area contributed by atoms with Crippen LogP contribution >= 0.6 is 0 Å². The molecule has 134 valence electrons. The van der Waals surface area contributed by atoms with Crippen molar-refractivity contribution < 1.29 is 9.90 Å².